The van der Waals surface area contributed by atoms with Crippen LogP contribution in [0.1, 0.15) is 108 Å². The van der Waals surface area contributed by atoms with Gasteiger partial charge >= 0.3 is 11.9 Å². The highest BCUT2D eigenvalue weighted by atomic mass is 16.7. The summed E-state index contributed by atoms with van der Waals surface area (Å²) in [6.07, 6.45) is 6.86. The molecule has 2 rings (SSSR count). The number of cyclic esters (lactones) is 1. The Balaban J connectivity index is 2.39. The SMILES string of the molecule is CCOC(C)OC(C)(/C=C/C=C(\C)C1OC(=O)CC(O)CCC(C)(OC(C)OCC)C(OC(C)=O)/C=C/C1C)CC1OC1C(C)C(O)CC. The van der Waals surface area contributed by atoms with Crippen molar-refractivity contribution < 1.29 is 53.0 Å². The topological polar surface area (TPSA) is 143 Å². The predicted octanol–water partition coefficient (Wildman–Crippen LogP) is 5.95. The lowest BCUT2D eigenvalue weighted by molar-refractivity contribution is -0.227. The van der Waals surface area contributed by atoms with Gasteiger partial charge in [0.25, 0.3) is 0 Å². The van der Waals surface area contributed by atoms with Crippen LogP contribution in [-0.4, -0.2) is 95.8 Å². The minimum absolute atomic E-state index is 0.0106. The number of carbonyl (C=O) groups excluding carboxylic acids is 2. The summed E-state index contributed by atoms with van der Waals surface area (Å²) in [5.74, 6) is -1.31. The fourth-order valence-electron chi connectivity index (χ4n) is 6.47. The van der Waals surface area contributed by atoms with Crippen LogP contribution in [0.4, 0.5) is 0 Å². The summed E-state index contributed by atoms with van der Waals surface area (Å²) in [5, 5.41) is 21.2. The highest BCUT2D eigenvalue weighted by Crippen LogP contribution is 2.39. The van der Waals surface area contributed by atoms with Crippen molar-refractivity contribution in [3.8, 4) is 0 Å². The summed E-state index contributed by atoms with van der Waals surface area (Å²) in [6.45, 7) is 21.2. The zero-order chi connectivity index (χ0) is 36.9. The van der Waals surface area contributed by atoms with E-state index >= 15 is 0 Å². The third-order valence-corrected chi connectivity index (χ3v) is 9.30. The monoisotopic (exact) mass is 696 g/mol. The van der Waals surface area contributed by atoms with E-state index in [1.807, 2.05) is 86.6 Å². The molecule has 2 heterocycles. The maximum absolute atomic E-state index is 13.1. The van der Waals surface area contributed by atoms with Gasteiger partial charge in [-0.25, -0.2) is 0 Å². The van der Waals surface area contributed by atoms with Crippen LogP contribution in [-0.2, 0) is 42.7 Å². The fourth-order valence-corrected chi connectivity index (χ4v) is 6.47. The number of carbonyl (C=O) groups is 2. The van der Waals surface area contributed by atoms with Gasteiger partial charge in [-0.1, -0.05) is 45.1 Å². The van der Waals surface area contributed by atoms with E-state index in [0.29, 0.717) is 32.5 Å². The molecule has 12 unspecified atom stereocenters. The summed E-state index contributed by atoms with van der Waals surface area (Å²) < 4.78 is 41.6. The van der Waals surface area contributed by atoms with Crippen LogP contribution in [0.15, 0.2) is 36.0 Å². The van der Waals surface area contributed by atoms with E-state index in [1.165, 1.54) is 6.92 Å². The maximum atomic E-state index is 13.1. The molecule has 0 aromatic rings. The van der Waals surface area contributed by atoms with Crippen LogP contribution in [0.3, 0.4) is 0 Å². The molecule has 0 aliphatic carbocycles. The van der Waals surface area contributed by atoms with E-state index < -0.39 is 60.1 Å². The maximum Gasteiger partial charge on any atom is 0.309 e. The lowest BCUT2D eigenvalue weighted by Gasteiger charge is -2.38. The third kappa shape index (κ3) is 14.2. The number of esters is 2. The Morgan fingerprint density at radius 3 is 2.39 bits per heavy atom. The first-order valence-corrected chi connectivity index (χ1v) is 18.0. The lowest BCUT2D eigenvalue weighted by Crippen LogP contribution is -2.47. The molecule has 12 atom stereocenters. The van der Waals surface area contributed by atoms with Crippen molar-refractivity contribution in [1.29, 1.82) is 0 Å². The summed E-state index contributed by atoms with van der Waals surface area (Å²) in [7, 11) is 0. The molecule has 0 saturated carbocycles. The van der Waals surface area contributed by atoms with Gasteiger partial charge in [0.2, 0.25) is 0 Å². The van der Waals surface area contributed by atoms with Gasteiger partial charge in [-0.15, -0.1) is 0 Å². The molecule has 11 heteroatoms. The van der Waals surface area contributed by atoms with Crippen molar-refractivity contribution in [2.24, 2.45) is 11.8 Å². The van der Waals surface area contributed by atoms with E-state index in [1.54, 1.807) is 13.0 Å². The summed E-state index contributed by atoms with van der Waals surface area (Å²) in [4.78, 5) is 25.3. The summed E-state index contributed by atoms with van der Waals surface area (Å²) in [5.41, 5.74) is -1.02. The van der Waals surface area contributed by atoms with E-state index in [-0.39, 0.29) is 36.9 Å². The zero-order valence-electron chi connectivity index (χ0n) is 31.7. The van der Waals surface area contributed by atoms with Crippen molar-refractivity contribution in [2.45, 2.75) is 169 Å². The number of aliphatic hydroxyl groups is 2. The number of hydrogen-bond acceptors (Lipinski definition) is 11. The van der Waals surface area contributed by atoms with Crippen LogP contribution in [0, 0.1) is 11.8 Å². The largest absolute Gasteiger partial charge is 0.457 e. The van der Waals surface area contributed by atoms with E-state index in [9.17, 15) is 19.8 Å². The van der Waals surface area contributed by atoms with Gasteiger partial charge in [0.1, 0.15) is 17.8 Å². The first-order chi connectivity index (χ1) is 23.0. The Kier molecular flexibility index (Phi) is 17.6. The normalized spacial score (nSPS) is 32.9. The molecule has 2 aliphatic rings. The summed E-state index contributed by atoms with van der Waals surface area (Å²) >= 11 is 0. The van der Waals surface area contributed by atoms with Crippen molar-refractivity contribution in [3.05, 3.63) is 36.0 Å². The molecule has 2 N–H and O–H groups in total. The minimum atomic E-state index is -1.04. The molecule has 0 bridgehead atoms. The fraction of sp³-hybridized carbons (Fsp3) is 0.789. The van der Waals surface area contributed by atoms with Crippen LogP contribution in [0.5, 0.6) is 0 Å². The number of hydrogen-bond donors (Lipinski definition) is 2. The van der Waals surface area contributed by atoms with E-state index in [4.69, 9.17) is 33.2 Å². The highest BCUT2D eigenvalue weighted by Gasteiger charge is 2.48. The van der Waals surface area contributed by atoms with Gasteiger partial charge in [0.05, 0.1) is 36.4 Å². The standard InChI is InChI=1S/C38H64O11/c1-12-31(41)26(6)36-32(46-36)23-37(10,48-28(8)43-13-2)20-15-16-24(4)35-25(5)17-18-33(45-27(7)39)38(11,49-29(9)44-14-3)21-19-30(40)22-34(42)47-35/h15-18,20,25-26,28-33,35-36,40-41H,12-14,19,21-23H2,1-11H3/b18-17+,20-15+,24-16+. The second-order valence-corrected chi connectivity index (χ2v) is 13.9. The van der Waals surface area contributed by atoms with Crippen molar-refractivity contribution in [1.82, 2.24) is 0 Å². The zero-order valence-corrected chi connectivity index (χ0v) is 31.7. The van der Waals surface area contributed by atoms with Gasteiger partial charge in [0.15, 0.2) is 12.6 Å². The quantitative estimate of drug-likeness (QED) is 0.0613. The molecular formula is C38H64O11. The Hall–Kier alpha value is -2.12. The molecule has 1 saturated heterocycles. The van der Waals surface area contributed by atoms with E-state index in [0.717, 1.165) is 5.57 Å². The molecule has 0 spiro atoms. The Labute approximate surface area is 294 Å². The first-order valence-electron chi connectivity index (χ1n) is 18.0. The van der Waals surface area contributed by atoms with Crippen LogP contribution in [0.25, 0.3) is 0 Å². The smallest absolute Gasteiger partial charge is 0.309 e. The third-order valence-electron chi connectivity index (χ3n) is 9.30. The van der Waals surface area contributed by atoms with Gasteiger partial charge < -0.3 is 43.4 Å². The molecule has 0 radical (unpaired) electrons. The average molecular weight is 697 g/mol. The summed E-state index contributed by atoms with van der Waals surface area (Å²) in [6, 6.07) is 0. The highest BCUT2D eigenvalue weighted by molar-refractivity contribution is 5.70. The molecular weight excluding hydrogens is 632 g/mol. The molecule has 0 amide bonds. The van der Waals surface area contributed by atoms with Gasteiger partial charge in [-0.2, -0.15) is 0 Å². The Bertz CT molecular complexity index is 1120. The molecule has 49 heavy (non-hydrogen) atoms. The van der Waals surface area contributed by atoms with Crippen LogP contribution in [0.2, 0.25) is 0 Å². The number of ether oxygens (including phenoxy) is 7. The van der Waals surface area contributed by atoms with Gasteiger partial charge in [0, 0.05) is 38.4 Å². The van der Waals surface area contributed by atoms with Crippen LogP contribution >= 0.6 is 0 Å². The Morgan fingerprint density at radius 2 is 1.78 bits per heavy atom. The second kappa shape index (κ2) is 20.1. The number of rotatable bonds is 17. The van der Waals surface area contributed by atoms with E-state index in [2.05, 4.69) is 0 Å². The first kappa shape index (κ1) is 43.0. The number of aliphatic hydroxyl groups excluding tert-OH is 2. The molecule has 0 aromatic heterocycles. The second-order valence-electron chi connectivity index (χ2n) is 13.9. The molecule has 11 nitrogen and oxygen atoms in total. The average Bonchev–Trinajstić information content (AvgIpc) is 3.77. The molecule has 0 aromatic carbocycles. The lowest BCUT2D eigenvalue weighted by atomic mass is 9.88. The van der Waals surface area contributed by atoms with Crippen molar-refractivity contribution >= 4 is 11.9 Å². The van der Waals surface area contributed by atoms with Crippen LogP contribution < -0.4 is 0 Å². The molecule has 1 fully saturated rings. The number of allylic oxidation sites excluding steroid dienone is 2. The van der Waals surface area contributed by atoms with Crippen molar-refractivity contribution in [3.63, 3.8) is 0 Å². The number of epoxide rings is 1. The minimum Gasteiger partial charge on any atom is -0.457 e. The van der Waals surface area contributed by atoms with Gasteiger partial charge in [-0.3, -0.25) is 9.59 Å². The molecule has 282 valence electrons. The van der Waals surface area contributed by atoms with Crippen molar-refractivity contribution in [2.75, 3.05) is 13.2 Å². The van der Waals surface area contributed by atoms with Gasteiger partial charge in [-0.05, 0) is 79.4 Å². The predicted molar refractivity (Wildman–Crippen MR) is 186 cm³/mol. The molecule has 2 aliphatic heterocycles. The Morgan fingerprint density at radius 1 is 1.12 bits per heavy atom.